The van der Waals surface area contributed by atoms with Crippen LogP contribution in [0, 0.1) is 0 Å². The monoisotopic (exact) mass is 367 g/mol. The molecule has 0 unspecified atom stereocenters. The molecule has 0 N–H and O–H groups in total. The number of aryl methyl sites for hydroxylation is 2. The van der Waals surface area contributed by atoms with Crippen molar-refractivity contribution < 1.29 is 9.47 Å². The highest BCUT2D eigenvalue weighted by atomic mass is 16.5. The minimum absolute atomic E-state index is 0.805. The van der Waals surface area contributed by atoms with E-state index < -0.39 is 0 Å². The summed E-state index contributed by atoms with van der Waals surface area (Å²) >= 11 is 0. The number of benzene rings is 2. The molecule has 0 aliphatic carbocycles. The summed E-state index contributed by atoms with van der Waals surface area (Å²) in [6, 6.07) is 16.7. The van der Waals surface area contributed by atoms with E-state index in [2.05, 4.69) is 41.3 Å². The second-order valence-corrected chi connectivity index (χ2v) is 7.38. The van der Waals surface area contributed by atoms with E-state index in [1.165, 1.54) is 56.4 Å². The molecule has 146 valence electrons. The average Bonchev–Trinajstić information content (AvgIpc) is 2.73. The second-order valence-electron chi connectivity index (χ2n) is 7.38. The lowest BCUT2D eigenvalue weighted by Crippen LogP contribution is -2.30. The molecule has 0 atom stereocenters. The normalized spacial score (nSPS) is 14.9. The van der Waals surface area contributed by atoms with Gasteiger partial charge in [-0.25, -0.2) is 0 Å². The Morgan fingerprint density at radius 2 is 1.41 bits per heavy atom. The fraction of sp³-hybridized carbons (Fsp3) is 0.500. The van der Waals surface area contributed by atoms with Gasteiger partial charge in [0.1, 0.15) is 11.5 Å². The van der Waals surface area contributed by atoms with Gasteiger partial charge >= 0.3 is 0 Å². The van der Waals surface area contributed by atoms with E-state index in [1.54, 1.807) is 7.11 Å². The lowest BCUT2D eigenvalue weighted by atomic mass is 10.0. The molecule has 2 aromatic rings. The first-order valence-corrected chi connectivity index (χ1v) is 10.4. The van der Waals surface area contributed by atoms with E-state index in [-0.39, 0.29) is 0 Å². The van der Waals surface area contributed by atoms with E-state index in [1.807, 2.05) is 12.1 Å². The first-order valence-electron chi connectivity index (χ1n) is 10.4. The van der Waals surface area contributed by atoms with Crippen LogP contribution in [0.4, 0.5) is 0 Å². The molecule has 0 saturated carbocycles. The van der Waals surface area contributed by atoms with Crippen molar-refractivity contribution in [2.75, 3.05) is 33.4 Å². The van der Waals surface area contributed by atoms with Crippen LogP contribution in [0.15, 0.2) is 48.5 Å². The largest absolute Gasteiger partial charge is 0.496 e. The van der Waals surface area contributed by atoms with Crippen LogP contribution >= 0.6 is 0 Å². The summed E-state index contributed by atoms with van der Waals surface area (Å²) in [6.45, 7) is 4.59. The lowest BCUT2D eigenvalue weighted by molar-refractivity contribution is 0.215. The summed E-state index contributed by atoms with van der Waals surface area (Å²) in [5.74, 6) is 2.00. The second kappa shape index (κ2) is 11.0. The molecule has 1 heterocycles. The highest BCUT2D eigenvalue weighted by Crippen LogP contribution is 2.24. The first kappa shape index (κ1) is 19.8. The van der Waals surface area contributed by atoms with Crippen molar-refractivity contribution in [3.8, 4) is 11.5 Å². The van der Waals surface area contributed by atoms with Gasteiger partial charge in [-0.1, -0.05) is 42.8 Å². The third-order valence-corrected chi connectivity index (χ3v) is 5.40. The van der Waals surface area contributed by atoms with Crippen LogP contribution in [0.1, 0.15) is 43.2 Å². The Morgan fingerprint density at radius 3 is 2.11 bits per heavy atom. The van der Waals surface area contributed by atoms with Gasteiger partial charge in [0.2, 0.25) is 0 Å². The maximum Gasteiger partial charge on any atom is 0.122 e. The van der Waals surface area contributed by atoms with E-state index in [0.717, 1.165) is 37.4 Å². The molecule has 0 bridgehead atoms. The molecule has 1 fully saturated rings. The summed E-state index contributed by atoms with van der Waals surface area (Å²) in [5, 5.41) is 0. The summed E-state index contributed by atoms with van der Waals surface area (Å²) in [5.41, 5.74) is 2.52. The van der Waals surface area contributed by atoms with E-state index in [9.17, 15) is 0 Å². The maximum absolute atomic E-state index is 6.12. The van der Waals surface area contributed by atoms with Gasteiger partial charge in [-0.15, -0.1) is 0 Å². The van der Waals surface area contributed by atoms with Crippen molar-refractivity contribution in [2.45, 2.75) is 44.9 Å². The van der Waals surface area contributed by atoms with Crippen LogP contribution in [-0.4, -0.2) is 38.3 Å². The zero-order valence-corrected chi connectivity index (χ0v) is 16.7. The quantitative estimate of drug-likeness (QED) is 0.544. The zero-order valence-electron chi connectivity index (χ0n) is 16.7. The molecular formula is C24H33NO2. The smallest absolute Gasteiger partial charge is 0.122 e. The molecule has 1 aliphatic rings. The number of piperidine rings is 1. The number of likely N-dealkylation sites (tertiary alicyclic amines) is 1. The summed E-state index contributed by atoms with van der Waals surface area (Å²) in [7, 11) is 1.74. The average molecular weight is 368 g/mol. The van der Waals surface area contributed by atoms with Crippen molar-refractivity contribution in [1.29, 1.82) is 0 Å². The topological polar surface area (TPSA) is 21.7 Å². The molecule has 1 saturated heterocycles. The van der Waals surface area contributed by atoms with E-state index >= 15 is 0 Å². The van der Waals surface area contributed by atoms with Crippen LogP contribution < -0.4 is 9.47 Å². The lowest BCUT2D eigenvalue weighted by Gasteiger charge is -2.26. The minimum atomic E-state index is 0.805. The zero-order chi connectivity index (χ0) is 18.7. The standard InChI is InChI=1S/C24H33NO2/c1-26-23-13-5-3-11-21(23)15-16-22-12-4-6-14-24(22)27-20-10-9-19-25-17-7-2-8-18-25/h3-6,11-14H,2,7-10,15-20H2,1H3. The Hall–Kier alpha value is -2.00. The molecule has 0 aromatic heterocycles. The number of para-hydroxylation sites is 2. The number of nitrogens with zero attached hydrogens (tertiary/aromatic N) is 1. The summed E-state index contributed by atoms with van der Waals surface area (Å²) in [4.78, 5) is 2.60. The molecule has 1 aliphatic heterocycles. The molecule has 3 heteroatoms. The number of rotatable bonds is 10. The summed E-state index contributed by atoms with van der Waals surface area (Å²) in [6.07, 6.45) is 8.42. The minimum Gasteiger partial charge on any atom is -0.496 e. The fourth-order valence-corrected chi connectivity index (χ4v) is 3.83. The molecular weight excluding hydrogens is 334 g/mol. The third kappa shape index (κ3) is 6.28. The van der Waals surface area contributed by atoms with Crippen LogP contribution in [0.25, 0.3) is 0 Å². The highest BCUT2D eigenvalue weighted by molar-refractivity contribution is 5.37. The molecule has 27 heavy (non-hydrogen) atoms. The third-order valence-electron chi connectivity index (χ3n) is 5.40. The van der Waals surface area contributed by atoms with Crippen molar-refractivity contribution >= 4 is 0 Å². The van der Waals surface area contributed by atoms with Gasteiger partial charge in [0.25, 0.3) is 0 Å². The number of unbranched alkanes of at least 4 members (excludes halogenated alkanes) is 1. The van der Waals surface area contributed by atoms with Gasteiger partial charge in [0.15, 0.2) is 0 Å². The van der Waals surface area contributed by atoms with Crippen LogP contribution in [0.5, 0.6) is 11.5 Å². The Morgan fingerprint density at radius 1 is 0.778 bits per heavy atom. The van der Waals surface area contributed by atoms with Crippen molar-refractivity contribution in [1.82, 2.24) is 4.90 Å². The van der Waals surface area contributed by atoms with E-state index in [4.69, 9.17) is 9.47 Å². The van der Waals surface area contributed by atoms with Crippen molar-refractivity contribution in [2.24, 2.45) is 0 Å². The predicted octanol–water partition coefficient (Wildman–Crippen LogP) is 5.13. The summed E-state index contributed by atoms with van der Waals surface area (Å²) < 4.78 is 11.6. The fourth-order valence-electron chi connectivity index (χ4n) is 3.83. The van der Waals surface area contributed by atoms with Crippen LogP contribution in [0.3, 0.4) is 0 Å². The molecule has 2 aromatic carbocycles. The van der Waals surface area contributed by atoms with Gasteiger partial charge in [-0.2, -0.15) is 0 Å². The highest BCUT2D eigenvalue weighted by Gasteiger charge is 2.09. The Labute approximate surface area is 164 Å². The predicted molar refractivity (Wildman–Crippen MR) is 112 cm³/mol. The van der Waals surface area contributed by atoms with Crippen molar-refractivity contribution in [3.63, 3.8) is 0 Å². The molecule has 0 radical (unpaired) electrons. The molecule has 3 nitrogen and oxygen atoms in total. The molecule has 0 amide bonds. The van der Waals surface area contributed by atoms with Gasteiger partial charge < -0.3 is 14.4 Å². The Kier molecular flexibility index (Phi) is 8.03. The molecule has 3 rings (SSSR count). The molecule has 0 spiro atoms. The van der Waals surface area contributed by atoms with Crippen LogP contribution in [0.2, 0.25) is 0 Å². The van der Waals surface area contributed by atoms with E-state index in [0.29, 0.717) is 0 Å². The number of hydrogen-bond donors (Lipinski definition) is 0. The van der Waals surface area contributed by atoms with Crippen molar-refractivity contribution in [3.05, 3.63) is 59.7 Å². The number of methoxy groups -OCH3 is 1. The number of ether oxygens (including phenoxy) is 2. The maximum atomic E-state index is 6.12. The Balaban J connectivity index is 1.44. The number of hydrogen-bond acceptors (Lipinski definition) is 3. The van der Waals surface area contributed by atoms with Crippen LogP contribution in [-0.2, 0) is 12.8 Å². The first-order chi connectivity index (χ1) is 13.4. The van der Waals surface area contributed by atoms with Gasteiger partial charge in [-0.3, -0.25) is 0 Å². The van der Waals surface area contributed by atoms with Gasteiger partial charge in [0, 0.05) is 0 Å². The Bertz CT molecular complexity index is 680. The van der Waals surface area contributed by atoms with Gasteiger partial charge in [0.05, 0.1) is 13.7 Å². The SMILES string of the molecule is COc1ccccc1CCc1ccccc1OCCCCN1CCCCC1. The van der Waals surface area contributed by atoms with Gasteiger partial charge in [-0.05, 0) is 81.4 Å².